The molecule has 0 aromatic carbocycles. The number of nitrogens with zero attached hydrogens (tertiary/aromatic N) is 1. The Bertz CT molecular complexity index is 336. The molecule has 0 radical (unpaired) electrons. The second-order valence-electron chi connectivity index (χ2n) is 3.05. The average Bonchev–Trinajstić information content (AvgIpc) is 2.03. The maximum absolute atomic E-state index is 10.7. The molecule has 3 nitrogen and oxygen atoms in total. The molecule has 0 spiro atoms. The highest BCUT2D eigenvalue weighted by molar-refractivity contribution is 7.63. The van der Waals surface area contributed by atoms with Crippen LogP contribution in [0.4, 0.5) is 0 Å². The van der Waals surface area contributed by atoms with Gasteiger partial charge in [-0.1, -0.05) is 7.92 Å². The van der Waals surface area contributed by atoms with E-state index >= 15 is 0 Å². The molecule has 1 aromatic rings. The predicted molar refractivity (Wildman–Crippen MR) is 54.3 cm³/mol. The van der Waals surface area contributed by atoms with E-state index in [0.29, 0.717) is 5.56 Å². The number of aryl methyl sites for hydroxylation is 1. The summed E-state index contributed by atoms with van der Waals surface area (Å²) in [7, 11) is -0.327. The molecule has 0 unspecified atom stereocenters. The zero-order valence-electron chi connectivity index (χ0n) is 7.90. The van der Waals surface area contributed by atoms with Gasteiger partial charge in [0.25, 0.3) is 0 Å². The predicted octanol–water partition coefficient (Wildman–Crippen LogP) is 1.46. The van der Waals surface area contributed by atoms with Gasteiger partial charge in [0.2, 0.25) is 0 Å². The van der Waals surface area contributed by atoms with Gasteiger partial charge < -0.3 is 5.11 Å². The number of hydrogen-bond acceptors (Lipinski definition) is 2. The summed E-state index contributed by atoms with van der Waals surface area (Å²) >= 11 is 0. The summed E-state index contributed by atoms with van der Waals surface area (Å²) in [5.41, 5.74) is 2.00. The fourth-order valence-corrected chi connectivity index (χ4v) is 1.76. The first kappa shape index (κ1) is 10.1. The molecule has 0 fully saturated rings. The number of hydrogen-bond donors (Lipinski definition) is 1. The summed E-state index contributed by atoms with van der Waals surface area (Å²) in [5, 5.41) is 8.79. The highest BCUT2D eigenvalue weighted by Crippen LogP contribution is 2.22. The maximum Gasteiger partial charge on any atom is 0.335 e. The minimum Gasteiger partial charge on any atom is -0.478 e. The van der Waals surface area contributed by atoms with Crippen LogP contribution in [-0.2, 0) is 0 Å². The molecule has 4 heteroatoms. The van der Waals surface area contributed by atoms with Crippen LogP contribution in [0.15, 0.2) is 12.1 Å². The van der Waals surface area contributed by atoms with Gasteiger partial charge >= 0.3 is 5.97 Å². The molecule has 1 N–H and O–H groups in total. The van der Waals surface area contributed by atoms with Gasteiger partial charge in [0, 0.05) is 5.69 Å². The highest BCUT2D eigenvalue weighted by Gasteiger charge is 2.08. The van der Waals surface area contributed by atoms with Gasteiger partial charge in [0.1, 0.15) is 0 Å². The first-order valence-electron chi connectivity index (χ1n) is 3.90. The lowest BCUT2D eigenvalue weighted by molar-refractivity contribution is 0.0697. The van der Waals surface area contributed by atoms with Crippen molar-refractivity contribution in [2.24, 2.45) is 0 Å². The third kappa shape index (κ3) is 2.49. The van der Waals surface area contributed by atoms with Gasteiger partial charge in [0.05, 0.1) is 11.0 Å². The van der Waals surface area contributed by atoms with Gasteiger partial charge in [0.15, 0.2) is 0 Å². The molecule has 0 saturated heterocycles. The van der Waals surface area contributed by atoms with E-state index in [2.05, 4.69) is 18.3 Å². The van der Waals surface area contributed by atoms with Crippen molar-refractivity contribution in [3.8, 4) is 0 Å². The molecule has 13 heavy (non-hydrogen) atoms. The van der Waals surface area contributed by atoms with Crippen LogP contribution in [0.25, 0.3) is 0 Å². The molecule has 0 aliphatic heterocycles. The molecule has 0 amide bonds. The molecule has 0 bridgehead atoms. The monoisotopic (exact) mass is 197 g/mol. The van der Waals surface area contributed by atoms with Gasteiger partial charge in [-0.25, -0.2) is 4.79 Å². The lowest BCUT2D eigenvalue weighted by Crippen LogP contribution is -2.11. The van der Waals surface area contributed by atoms with E-state index < -0.39 is 5.97 Å². The molecule has 70 valence electrons. The number of carboxylic acid groups (broad SMARTS) is 1. The van der Waals surface area contributed by atoms with E-state index in [0.717, 1.165) is 11.1 Å². The maximum atomic E-state index is 10.7. The lowest BCUT2D eigenvalue weighted by atomic mass is 10.2. The Labute approximate surface area is 78.6 Å². The molecule has 0 atom stereocenters. The summed E-state index contributed by atoms with van der Waals surface area (Å²) in [5.74, 6) is -0.886. The first-order chi connectivity index (χ1) is 6.00. The quantitative estimate of drug-likeness (QED) is 0.730. The van der Waals surface area contributed by atoms with Crippen molar-refractivity contribution in [1.82, 2.24) is 4.98 Å². The first-order valence-corrected chi connectivity index (χ1v) is 6.13. The third-order valence-corrected chi connectivity index (χ3v) is 2.79. The normalized spacial score (nSPS) is 10.5. The largest absolute Gasteiger partial charge is 0.478 e. The van der Waals surface area contributed by atoms with Crippen molar-refractivity contribution < 1.29 is 9.90 Å². The third-order valence-electron chi connectivity index (χ3n) is 1.65. The van der Waals surface area contributed by atoms with Crippen molar-refractivity contribution in [2.75, 3.05) is 13.3 Å². The van der Waals surface area contributed by atoms with Gasteiger partial charge in [-0.2, -0.15) is 0 Å². The fourth-order valence-electron chi connectivity index (χ4n) is 1.00. The van der Waals surface area contributed by atoms with Crippen LogP contribution >= 0.6 is 7.92 Å². The minimum atomic E-state index is -0.886. The Kier molecular flexibility index (Phi) is 2.99. The molecule has 0 aliphatic carbocycles. The van der Waals surface area contributed by atoms with E-state index in [1.807, 2.05) is 6.92 Å². The minimum absolute atomic E-state index is 0.327. The molecular weight excluding hydrogens is 185 g/mol. The fraction of sp³-hybridized carbons (Fsp3) is 0.333. The number of pyridine rings is 1. The van der Waals surface area contributed by atoms with Crippen molar-refractivity contribution in [1.29, 1.82) is 0 Å². The van der Waals surface area contributed by atoms with Crippen molar-refractivity contribution in [3.63, 3.8) is 0 Å². The summed E-state index contributed by atoms with van der Waals surface area (Å²) in [6.07, 6.45) is 0. The molecule has 1 aromatic heterocycles. The van der Waals surface area contributed by atoms with E-state index in [4.69, 9.17) is 5.11 Å². The Morgan fingerprint density at radius 3 is 2.54 bits per heavy atom. The summed E-state index contributed by atoms with van der Waals surface area (Å²) < 4.78 is 0. The topological polar surface area (TPSA) is 50.2 Å². The molecule has 1 rings (SSSR count). The number of aromatic nitrogens is 1. The molecule has 0 saturated carbocycles. The zero-order valence-corrected chi connectivity index (χ0v) is 8.80. The summed E-state index contributed by atoms with van der Waals surface area (Å²) in [4.78, 5) is 15.0. The van der Waals surface area contributed by atoms with Gasteiger partial charge in [-0.3, -0.25) is 4.98 Å². The standard InChI is InChI=1S/C9H12NO2P/c1-6-4-7(9(11)12)5-8(10-6)13(2)3/h4-5H,1-3H3,(H,11,12). The number of aromatic carboxylic acids is 1. The van der Waals surface area contributed by atoms with Crippen molar-refractivity contribution >= 4 is 19.3 Å². The van der Waals surface area contributed by atoms with Crippen molar-refractivity contribution in [2.45, 2.75) is 6.92 Å². The van der Waals surface area contributed by atoms with Gasteiger partial charge in [-0.05, 0) is 32.4 Å². The van der Waals surface area contributed by atoms with Crippen molar-refractivity contribution in [3.05, 3.63) is 23.4 Å². The van der Waals surface area contributed by atoms with Crippen LogP contribution in [0.1, 0.15) is 16.1 Å². The van der Waals surface area contributed by atoms with Crippen LogP contribution in [-0.4, -0.2) is 29.4 Å². The Hall–Kier alpha value is -0.950. The van der Waals surface area contributed by atoms with E-state index in [1.165, 1.54) is 0 Å². The summed E-state index contributed by atoms with van der Waals surface area (Å²) in [6, 6.07) is 3.24. The Balaban J connectivity index is 3.19. The van der Waals surface area contributed by atoms with Crippen LogP contribution in [0, 0.1) is 6.92 Å². The Morgan fingerprint density at radius 1 is 1.46 bits per heavy atom. The van der Waals surface area contributed by atoms with Gasteiger partial charge in [-0.15, -0.1) is 0 Å². The number of carbonyl (C=O) groups is 1. The lowest BCUT2D eigenvalue weighted by Gasteiger charge is -2.06. The second kappa shape index (κ2) is 3.84. The highest BCUT2D eigenvalue weighted by atomic mass is 31.1. The molecule has 0 aliphatic rings. The van der Waals surface area contributed by atoms with Crippen LogP contribution in [0.5, 0.6) is 0 Å². The van der Waals surface area contributed by atoms with E-state index in [9.17, 15) is 4.79 Å². The van der Waals surface area contributed by atoms with Crippen LogP contribution in [0.2, 0.25) is 0 Å². The molecular formula is C9H12NO2P. The molecule has 1 heterocycles. The van der Waals surface area contributed by atoms with E-state index in [1.54, 1.807) is 12.1 Å². The average molecular weight is 197 g/mol. The second-order valence-corrected chi connectivity index (χ2v) is 5.30. The van der Waals surface area contributed by atoms with Crippen LogP contribution in [0.3, 0.4) is 0 Å². The number of carboxylic acids is 1. The van der Waals surface area contributed by atoms with E-state index in [-0.39, 0.29) is 7.92 Å². The Morgan fingerprint density at radius 2 is 2.08 bits per heavy atom. The summed E-state index contributed by atoms with van der Waals surface area (Å²) in [6.45, 7) is 5.93. The SMILES string of the molecule is Cc1cc(C(=O)O)cc(P(C)C)n1. The smallest absolute Gasteiger partial charge is 0.335 e. The number of rotatable bonds is 2. The van der Waals surface area contributed by atoms with Crippen LogP contribution < -0.4 is 5.44 Å². The zero-order chi connectivity index (χ0) is 10.0.